The van der Waals surface area contributed by atoms with Gasteiger partial charge in [-0.1, -0.05) is 19.9 Å². The number of carboxylic acids is 1. The second-order valence-corrected chi connectivity index (χ2v) is 4.24. The molecule has 0 aromatic rings. The summed E-state index contributed by atoms with van der Waals surface area (Å²) in [5.74, 6) is -0.336. The van der Waals surface area contributed by atoms with Gasteiger partial charge in [0.05, 0.1) is 0 Å². The van der Waals surface area contributed by atoms with E-state index < -0.39 is 11.5 Å². The van der Waals surface area contributed by atoms with Crippen LogP contribution in [0, 0.1) is 5.92 Å². The lowest BCUT2D eigenvalue weighted by atomic mass is 9.95. The Hall–Kier alpha value is -0.830. The molecule has 0 aromatic carbocycles. The quantitative estimate of drug-likeness (QED) is 0.617. The molecular weight excluding hydrogens is 178 g/mol. The Morgan fingerprint density at radius 2 is 2.21 bits per heavy atom. The summed E-state index contributed by atoms with van der Waals surface area (Å²) in [5.41, 5.74) is -0.821. The van der Waals surface area contributed by atoms with Crippen LogP contribution in [0.5, 0.6) is 0 Å². The van der Waals surface area contributed by atoms with Crippen molar-refractivity contribution >= 4 is 5.97 Å². The number of aliphatic carboxylic acids is 1. The van der Waals surface area contributed by atoms with E-state index in [2.05, 4.69) is 25.7 Å². The largest absolute Gasteiger partial charge is 0.480 e. The van der Waals surface area contributed by atoms with Crippen LogP contribution in [0.2, 0.25) is 0 Å². The second kappa shape index (κ2) is 5.81. The zero-order valence-corrected chi connectivity index (χ0v) is 9.34. The molecule has 0 aromatic heterocycles. The monoisotopic (exact) mass is 199 g/mol. The Morgan fingerprint density at radius 1 is 1.64 bits per heavy atom. The molecule has 14 heavy (non-hydrogen) atoms. The van der Waals surface area contributed by atoms with E-state index in [0.29, 0.717) is 18.8 Å². The number of nitrogens with one attached hydrogen (secondary N) is 1. The highest BCUT2D eigenvalue weighted by atomic mass is 16.4. The van der Waals surface area contributed by atoms with Crippen LogP contribution in [0.3, 0.4) is 0 Å². The zero-order valence-electron chi connectivity index (χ0n) is 9.34. The summed E-state index contributed by atoms with van der Waals surface area (Å²) >= 11 is 0. The summed E-state index contributed by atoms with van der Waals surface area (Å²) in [6, 6.07) is 0. The SMILES string of the molecule is C=CCCC(C)(NCC(C)C)C(=O)O. The van der Waals surface area contributed by atoms with Gasteiger partial charge >= 0.3 is 5.97 Å². The fourth-order valence-electron chi connectivity index (χ4n) is 1.09. The molecule has 0 saturated heterocycles. The molecule has 3 nitrogen and oxygen atoms in total. The summed E-state index contributed by atoms with van der Waals surface area (Å²) in [6.07, 6.45) is 3.05. The topological polar surface area (TPSA) is 49.3 Å². The fraction of sp³-hybridized carbons (Fsp3) is 0.727. The summed E-state index contributed by atoms with van der Waals surface area (Å²) in [7, 11) is 0. The highest BCUT2D eigenvalue weighted by Crippen LogP contribution is 2.13. The van der Waals surface area contributed by atoms with Crippen LogP contribution < -0.4 is 5.32 Å². The molecule has 0 aliphatic carbocycles. The second-order valence-electron chi connectivity index (χ2n) is 4.24. The van der Waals surface area contributed by atoms with Crippen molar-refractivity contribution in [2.24, 2.45) is 5.92 Å². The van der Waals surface area contributed by atoms with Gasteiger partial charge < -0.3 is 10.4 Å². The highest BCUT2D eigenvalue weighted by Gasteiger charge is 2.31. The van der Waals surface area contributed by atoms with Gasteiger partial charge in [0, 0.05) is 0 Å². The summed E-state index contributed by atoms with van der Waals surface area (Å²) in [4.78, 5) is 11.0. The molecule has 2 N–H and O–H groups in total. The first-order valence-corrected chi connectivity index (χ1v) is 5.01. The van der Waals surface area contributed by atoms with Crippen LogP contribution in [0.4, 0.5) is 0 Å². The lowest BCUT2D eigenvalue weighted by molar-refractivity contribution is -0.144. The average Bonchev–Trinajstić information content (AvgIpc) is 2.11. The van der Waals surface area contributed by atoms with Crippen LogP contribution in [-0.4, -0.2) is 23.2 Å². The smallest absolute Gasteiger partial charge is 0.323 e. The first-order chi connectivity index (χ1) is 6.42. The Labute approximate surface area is 86.2 Å². The number of rotatable bonds is 7. The predicted molar refractivity (Wildman–Crippen MR) is 58.3 cm³/mol. The summed E-state index contributed by atoms with van der Waals surface area (Å²) < 4.78 is 0. The van der Waals surface area contributed by atoms with E-state index in [1.807, 2.05) is 0 Å². The maximum absolute atomic E-state index is 11.0. The average molecular weight is 199 g/mol. The van der Waals surface area contributed by atoms with Crippen molar-refractivity contribution in [3.63, 3.8) is 0 Å². The molecule has 0 bridgehead atoms. The molecule has 1 unspecified atom stereocenters. The van der Waals surface area contributed by atoms with Gasteiger partial charge in [-0.25, -0.2) is 0 Å². The normalized spacial score (nSPS) is 15.1. The molecule has 82 valence electrons. The molecule has 0 heterocycles. The minimum atomic E-state index is -0.821. The molecule has 3 heteroatoms. The van der Waals surface area contributed by atoms with Crippen LogP contribution in [0.1, 0.15) is 33.6 Å². The van der Waals surface area contributed by atoms with Gasteiger partial charge in [0.1, 0.15) is 5.54 Å². The standard InChI is InChI=1S/C11H21NO2/c1-5-6-7-11(4,10(13)14)12-8-9(2)3/h5,9,12H,1,6-8H2,2-4H3,(H,13,14). The lowest BCUT2D eigenvalue weighted by Gasteiger charge is -2.26. The Bertz CT molecular complexity index is 201. The Kier molecular flexibility index (Phi) is 5.46. The van der Waals surface area contributed by atoms with Gasteiger partial charge in [-0.15, -0.1) is 6.58 Å². The maximum atomic E-state index is 11.0. The molecule has 0 rings (SSSR count). The molecule has 0 saturated carbocycles. The van der Waals surface area contributed by atoms with Crippen molar-refractivity contribution in [2.45, 2.75) is 39.2 Å². The first kappa shape index (κ1) is 13.2. The van der Waals surface area contributed by atoms with E-state index >= 15 is 0 Å². The zero-order chi connectivity index (χ0) is 11.2. The van der Waals surface area contributed by atoms with E-state index in [0.717, 1.165) is 6.54 Å². The molecule has 0 spiro atoms. The third-order valence-electron chi connectivity index (χ3n) is 2.22. The first-order valence-electron chi connectivity index (χ1n) is 5.01. The van der Waals surface area contributed by atoms with Crippen molar-refractivity contribution in [3.8, 4) is 0 Å². The summed E-state index contributed by atoms with van der Waals surface area (Å²) in [6.45, 7) is 10.2. The van der Waals surface area contributed by atoms with E-state index in [4.69, 9.17) is 5.11 Å². The molecular formula is C11H21NO2. The highest BCUT2D eigenvalue weighted by molar-refractivity contribution is 5.78. The number of hydrogen-bond acceptors (Lipinski definition) is 2. The molecule has 1 atom stereocenters. The van der Waals surface area contributed by atoms with Gasteiger partial charge in [0.25, 0.3) is 0 Å². The van der Waals surface area contributed by atoms with Gasteiger partial charge in [-0.05, 0) is 32.2 Å². The summed E-state index contributed by atoms with van der Waals surface area (Å²) in [5, 5.41) is 12.2. The van der Waals surface area contributed by atoms with E-state index in [1.165, 1.54) is 0 Å². The molecule has 0 radical (unpaired) electrons. The minimum Gasteiger partial charge on any atom is -0.480 e. The molecule has 0 amide bonds. The molecule has 0 fully saturated rings. The Balaban J connectivity index is 4.23. The van der Waals surface area contributed by atoms with Crippen LogP contribution in [0.15, 0.2) is 12.7 Å². The van der Waals surface area contributed by atoms with Crippen molar-refractivity contribution in [1.82, 2.24) is 5.32 Å². The van der Waals surface area contributed by atoms with Crippen LogP contribution >= 0.6 is 0 Å². The van der Waals surface area contributed by atoms with Gasteiger partial charge in [0.2, 0.25) is 0 Å². The van der Waals surface area contributed by atoms with Gasteiger partial charge in [-0.3, -0.25) is 4.79 Å². The molecule has 0 aliphatic rings. The van der Waals surface area contributed by atoms with E-state index in [-0.39, 0.29) is 0 Å². The minimum absolute atomic E-state index is 0.456. The van der Waals surface area contributed by atoms with E-state index in [9.17, 15) is 4.79 Å². The number of allylic oxidation sites excluding steroid dienone is 1. The number of hydrogen-bond donors (Lipinski definition) is 2. The van der Waals surface area contributed by atoms with Crippen LogP contribution in [-0.2, 0) is 4.79 Å². The van der Waals surface area contributed by atoms with Gasteiger partial charge in [0.15, 0.2) is 0 Å². The van der Waals surface area contributed by atoms with Gasteiger partial charge in [-0.2, -0.15) is 0 Å². The third kappa shape index (κ3) is 4.42. The Morgan fingerprint density at radius 3 is 2.57 bits per heavy atom. The lowest BCUT2D eigenvalue weighted by Crippen LogP contribution is -2.50. The van der Waals surface area contributed by atoms with E-state index in [1.54, 1.807) is 13.0 Å². The number of carboxylic acid groups (broad SMARTS) is 1. The molecule has 0 aliphatic heterocycles. The van der Waals surface area contributed by atoms with Crippen molar-refractivity contribution in [3.05, 3.63) is 12.7 Å². The van der Waals surface area contributed by atoms with Crippen molar-refractivity contribution < 1.29 is 9.90 Å². The fourth-order valence-corrected chi connectivity index (χ4v) is 1.09. The van der Waals surface area contributed by atoms with Crippen LogP contribution in [0.25, 0.3) is 0 Å². The third-order valence-corrected chi connectivity index (χ3v) is 2.22. The number of carbonyl (C=O) groups is 1. The van der Waals surface area contributed by atoms with Crippen molar-refractivity contribution in [2.75, 3.05) is 6.54 Å². The predicted octanol–water partition coefficient (Wildman–Crippen LogP) is 2.04. The maximum Gasteiger partial charge on any atom is 0.323 e. The van der Waals surface area contributed by atoms with Crippen molar-refractivity contribution in [1.29, 1.82) is 0 Å².